The highest BCUT2D eigenvalue weighted by Crippen LogP contribution is 2.38. The van der Waals surface area contributed by atoms with Gasteiger partial charge in [-0.3, -0.25) is 0 Å². The van der Waals surface area contributed by atoms with Gasteiger partial charge in [-0.2, -0.15) is 5.26 Å². The normalized spacial score (nSPS) is 20.7. The second-order valence-corrected chi connectivity index (χ2v) is 12.4. The van der Waals surface area contributed by atoms with Crippen LogP contribution in [0, 0.1) is 11.3 Å². The van der Waals surface area contributed by atoms with E-state index < -0.39 is 35.6 Å². The summed E-state index contributed by atoms with van der Waals surface area (Å²) in [4.78, 5) is 13.4. The maximum atomic E-state index is 12.6. The van der Waals surface area contributed by atoms with E-state index in [1.807, 2.05) is 66.9 Å². The third-order valence-electron chi connectivity index (χ3n) is 7.03. The third kappa shape index (κ3) is 6.47. The smallest absolute Gasteiger partial charge is 0.490 e. The fourth-order valence-corrected chi connectivity index (χ4v) is 4.98. The largest absolute Gasteiger partial charge is 0.495 e. The molecule has 0 atom stereocenters. The Hall–Kier alpha value is -1.89. The van der Waals surface area contributed by atoms with Crippen molar-refractivity contribution in [3.63, 3.8) is 0 Å². The minimum atomic E-state index is -0.584. The molecule has 1 aliphatic heterocycles. The lowest BCUT2D eigenvalue weighted by atomic mass is 9.78. The molecule has 1 amide bonds. The number of hydrogen-bond acceptors (Lipinski definition) is 7. The molecule has 2 fully saturated rings. The van der Waals surface area contributed by atoms with Crippen molar-refractivity contribution >= 4 is 30.4 Å². The number of alkyl carbamates (subject to hydrolysis) is 1. The predicted octanol–water partition coefficient (Wildman–Crippen LogP) is 5.19. The molecule has 1 heterocycles. The van der Waals surface area contributed by atoms with Crippen LogP contribution in [0.25, 0.3) is 0 Å². The number of hydrogen-bond donors (Lipinski definition) is 1. The van der Waals surface area contributed by atoms with Gasteiger partial charge < -0.3 is 24.1 Å². The summed E-state index contributed by atoms with van der Waals surface area (Å²) in [5.41, 5.74) is -0.807. The molecule has 0 bridgehead atoms. The first-order valence-corrected chi connectivity index (χ1v) is 13.5. The number of nitrogens with zero attached hydrogens (tertiary/aromatic N) is 1. The fraction of sp³-hybridized carbons (Fsp3) is 0.692. The zero-order valence-electron chi connectivity index (χ0n) is 22.4. The van der Waals surface area contributed by atoms with E-state index in [2.05, 4.69) is 11.4 Å². The quantitative estimate of drug-likeness (QED) is 0.423. The summed E-state index contributed by atoms with van der Waals surface area (Å²) in [5, 5.41) is 13.0. The van der Waals surface area contributed by atoms with Crippen LogP contribution >= 0.6 is 11.8 Å². The number of rotatable bonds is 6. The third-order valence-corrected chi connectivity index (χ3v) is 7.79. The molecule has 192 valence electrons. The molecule has 1 N–H and O–H groups in total. The number of benzene rings is 1. The highest BCUT2D eigenvalue weighted by atomic mass is 32.2. The van der Waals surface area contributed by atoms with Crippen LogP contribution in [0.2, 0.25) is 0 Å². The average Bonchev–Trinajstić information content (AvgIpc) is 2.97. The highest BCUT2D eigenvalue weighted by molar-refractivity contribution is 7.98. The monoisotopic (exact) mass is 502 g/mol. The van der Waals surface area contributed by atoms with Crippen molar-refractivity contribution in [3.8, 4) is 11.8 Å². The molecule has 1 aromatic carbocycles. The lowest BCUT2D eigenvalue weighted by Gasteiger charge is -2.38. The van der Waals surface area contributed by atoms with E-state index in [4.69, 9.17) is 18.8 Å². The van der Waals surface area contributed by atoms with Crippen LogP contribution in [-0.4, -0.2) is 48.4 Å². The van der Waals surface area contributed by atoms with Gasteiger partial charge in [0.05, 0.1) is 16.7 Å². The molecule has 2 aliphatic rings. The molecule has 3 rings (SSSR count). The Kier molecular flexibility index (Phi) is 8.10. The molecular formula is C26H39BN2O5S. The zero-order chi connectivity index (χ0) is 26.1. The summed E-state index contributed by atoms with van der Waals surface area (Å²) in [6.07, 6.45) is 6.18. The zero-order valence-corrected chi connectivity index (χ0v) is 23.2. The number of nitriles is 1. The molecule has 0 aromatic heterocycles. The second kappa shape index (κ2) is 10.2. The molecular weight excluding hydrogens is 463 g/mol. The molecule has 0 unspecified atom stereocenters. The van der Waals surface area contributed by atoms with E-state index >= 15 is 0 Å². The molecule has 0 radical (unpaired) electrons. The first-order chi connectivity index (χ1) is 16.2. The number of carbonyl (C=O) groups is 1. The molecule has 9 heteroatoms. The second-order valence-electron chi connectivity index (χ2n) is 11.6. The van der Waals surface area contributed by atoms with Crippen LogP contribution < -0.4 is 15.5 Å². The Morgan fingerprint density at radius 3 is 2.26 bits per heavy atom. The standard InChI is InChI=1S/C26H39BN2O5S/c1-23(2,3)32-22(30)29-26(12-10-9-11-13-26)17-31-20-14-18(15-21(35-8)19(20)16-28)27-33-24(4,5)25(6,7)34-27/h14-15H,9-13,17H2,1-8H3,(H,29,30). The molecule has 0 spiro atoms. The minimum Gasteiger partial charge on any atom is -0.490 e. The molecule has 1 saturated carbocycles. The van der Waals surface area contributed by atoms with Crippen molar-refractivity contribution in [1.82, 2.24) is 5.32 Å². The molecule has 1 aliphatic carbocycles. The highest BCUT2D eigenvalue weighted by Gasteiger charge is 2.52. The summed E-state index contributed by atoms with van der Waals surface area (Å²) in [7, 11) is -0.565. The van der Waals surface area contributed by atoms with Crippen molar-refractivity contribution < 1.29 is 23.6 Å². The Morgan fingerprint density at radius 2 is 1.74 bits per heavy atom. The van der Waals surface area contributed by atoms with Crippen molar-refractivity contribution in [2.75, 3.05) is 12.9 Å². The van der Waals surface area contributed by atoms with E-state index in [9.17, 15) is 10.1 Å². The van der Waals surface area contributed by atoms with Gasteiger partial charge in [0, 0.05) is 4.90 Å². The van der Waals surface area contributed by atoms with Crippen molar-refractivity contribution in [3.05, 3.63) is 17.7 Å². The number of thioether (sulfide) groups is 1. The van der Waals surface area contributed by atoms with Gasteiger partial charge in [0.1, 0.15) is 29.6 Å². The number of ether oxygens (including phenoxy) is 2. The fourth-order valence-electron chi connectivity index (χ4n) is 4.38. The van der Waals surface area contributed by atoms with Gasteiger partial charge in [-0.25, -0.2) is 4.79 Å². The lowest BCUT2D eigenvalue weighted by Crippen LogP contribution is -2.55. The van der Waals surface area contributed by atoms with Crippen LogP contribution in [0.4, 0.5) is 4.79 Å². The van der Waals surface area contributed by atoms with Gasteiger partial charge in [0.15, 0.2) is 0 Å². The van der Waals surface area contributed by atoms with Crippen LogP contribution in [0.5, 0.6) is 5.75 Å². The lowest BCUT2D eigenvalue weighted by molar-refractivity contribution is 0.00578. The van der Waals surface area contributed by atoms with E-state index in [-0.39, 0.29) is 6.61 Å². The van der Waals surface area contributed by atoms with Gasteiger partial charge in [-0.05, 0) is 85.2 Å². The SMILES string of the molecule is CSc1cc(B2OC(C)(C)C(C)(C)O2)cc(OCC2(NC(=O)OC(C)(C)C)CCCCC2)c1C#N. The van der Waals surface area contributed by atoms with Gasteiger partial charge in [0.2, 0.25) is 0 Å². The molecule has 7 nitrogen and oxygen atoms in total. The van der Waals surface area contributed by atoms with E-state index in [0.717, 1.165) is 42.5 Å². The number of amides is 1. The van der Waals surface area contributed by atoms with Crippen molar-refractivity contribution in [1.29, 1.82) is 5.26 Å². The van der Waals surface area contributed by atoms with E-state index in [1.165, 1.54) is 11.8 Å². The Morgan fingerprint density at radius 1 is 1.14 bits per heavy atom. The first-order valence-electron chi connectivity index (χ1n) is 12.3. The Labute approximate surface area is 214 Å². The maximum Gasteiger partial charge on any atom is 0.495 e. The van der Waals surface area contributed by atoms with Crippen LogP contribution in [0.3, 0.4) is 0 Å². The van der Waals surface area contributed by atoms with Crippen LogP contribution in [0.1, 0.15) is 86.1 Å². The average molecular weight is 502 g/mol. The summed E-state index contributed by atoms with van der Waals surface area (Å²) >= 11 is 1.48. The minimum absolute atomic E-state index is 0.252. The van der Waals surface area contributed by atoms with Gasteiger partial charge in [-0.1, -0.05) is 19.3 Å². The predicted molar refractivity (Wildman–Crippen MR) is 139 cm³/mol. The van der Waals surface area contributed by atoms with E-state index in [1.54, 1.807) is 0 Å². The summed E-state index contributed by atoms with van der Waals surface area (Å²) in [6, 6.07) is 6.07. The van der Waals surface area contributed by atoms with Crippen LogP contribution in [0.15, 0.2) is 17.0 Å². The summed E-state index contributed by atoms with van der Waals surface area (Å²) in [6.45, 7) is 13.8. The number of nitrogens with one attached hydrogen (secondary N) is 1. The molecule has 1 saturated heterocycles. The topological polar surface area (TPSA) is 89.8 Å². The summed E-state index contributed by atoms with van der Waals surface area (Å²) in [5.74, 6) is 0.472. The van der Waals surface area contributed by atoms with Crippen LogP contribution in [-0.2, 0) is 14.0 Å². The molecule has 35 heavy (non-hydrogen) atoms. The van der Waals surface area contributed by atoms with Gasteiger partial charge in [0.25, 0.3) is 0 Å². The van der Waals surface area contributed by atoms with Gasteiger partial charge in [-0.15, -0.1) is 11.8 Å². The van der Waals surface area contributed by atoms with Crippen molar-refractivity contribution in [2.45, 2.75) is 108 Å². The Balaban J connectivity index is 1.88. The maximum absolute atomic E-state index is 12.6. The molecule has 1 aromatic rings. The number of carbonyl (C=O) groups excluding carboxylic acids is 1. The van der Waals surface area contributed by atoms with Gasteiger partial charge >= 0.3 is 13.2 Å². The summed E-state index contributed by atoms with van der Waals surface area (Å²) < 4.78 is 24.4. The first kappa shape index (κ1) is 27.7. The van der Waals surface area contributed by atoms with Crippen molar-refractivity contribution in [2.24, 2.45) is 0 Å². The van der Waals surface area contributed by atoms with E-state index in [0.29, 0.717) is 11.3 Å². The Bertz CT molecular complexity index is 961.